The highest BCUT2D eigenvalue weighted by Crippen LogP contribution is 2.42. The van der Waals surface area contributed by atoms with Crippen LogP contribution in [-0.2, 0) is 21.0 Å². The zero-order chi connectivity index (χ0) is 47.1. The molecule has 9 N–H and O–H groups in total. The van der Waals surface area contributed by atoms with Gasteiger partial charge in [-0.05, 0) is 93.5 Å². The maximum atomic E-state index is 14.9. The Labute approximate surface area is 388 Å². The summed E-state index contributed by atoms with van der Waals surface area (Å²) in [6.07, 6.45) is 5.21. The van der Waals surface area contributed by atoms with E-state index < -0.39 is 41.1 Å². The van der Waals surface area contributed by atoms with Gasteiger partial charge >= 0.3 is 12.0 Å². The number of hydrogen-bond acceptors (Lipinski definition) is 14. The molecule has 5 heterocycles. The predicted molar refractivity (Wildman–Crippen MR) is 249 cm³/mol. The van der Waals surface area contributed by atoms with Crippen molar-refractivity contribution in [3.05, 3.63) is 78.2 Å². The molecule has 8 rings (SSSR count). The second-order valence-corrected chi connectivity index (χ2v) is 17.8. The molecule has 67 heavy (non-hydrogen) atoms. The zero-order valence-corrected chi connectivity index (χ0v) is 37.6. The number of fused-ring (bicyclic) bond motifs is 2. The Kier molecular flexibility index (Phi) is 14.5. The van der Waals surface area contributed by atoms with Crippen LogP contribution in [0.2, 0.25) is 0 Å². The molecule has 3 aliphatic heterocycles. The summed E-state index contributed by atoms with van der Waals surface area (Å²) in [5.74, 6) is -1.71. The summed E-state index contributed by atoms with van der Waals surface area (Å²) in [5, 5.41) is 29.7. The number of carbonyl (C=O) groups is 4. The van der Waals surface area contributed by atoms with Gasteiger partial charge < -0.3 is 57.1 Å². The first-order valence-corrected chi connectivity index (χ1v) is 23.0. The number of primary amides is 1. The molecule has 2 aromatic heterocycles. The molecule has 0 spiro atoms. The number of halogens is 1. The van der Waals surface area contributed by atoms with Crippen LogP contribution in [0.3, 0.4) is 0 Å². The molecule has 1 aliphatic carbocycles. The second-order valence-electron chi connectivity index (χ2n) is 17.8. The van der Waals surface area contributed by atoms with Crippen LogP contribution < -0.4 is 52.0 Å². The smallest absolute Gasteiger partial charge is 0.319 e. The van der Waals surface area contributed by atoms with E-state index in [1.165, 1.54) is 12.1 Å². The van der Waals surface area contributed by atoms with E-state index in [0.717, 1.165) is 50.3 Å². The molecule has 4 aliphatic rings. The van der Waals surface area contributed by atoms with Crippen molar-refractivity contribution in [3.63, 3.8) is 0 Å². The predicted octanol–water partition coefficient (Wildman–Crippen LogP) is 3.50. The van der Waals surface area contributed by atoms with Crippen LogP contribution in [0.5, 0.6) is 11.6 Å². The standard InChI is InChI=1S/C47H59FN12O7/c1-29-25-51-18-19-58(29)20-21-66-41-23-33(13-17-52-41)60-34-10-11-35(60)27-59(26-34)39-24-38(56-57-42(39)49)36-22-31(48)7-12-40(36)67-28-30-5-8-32(9-6-30)54-43(61)37(4-2-16-53-46(50)65)55-44(62)47(45(63)64)14-3-15-47/h5-9,12-13,17,22-24,29,34-35,37,51H,2-4,10-11,14-16,18-21,25-28H2,1H3,(H2,49,57)(H,54,61)(H,55,62)(H,63,64)(H3,50,53,65)/t29?,34?,35?,37-/m0/s1. The number of aromatic nitrogens is 3. The van der Waals surface area contributed by atoms with Gasteiger partial charge in [-0.3, -0.25) is 19.3 Å². The summed E-state index contributed by atoms with van der Waals surface area (Å²) in [5.41, 5.74) is 13.8. The van der Waals surface area contributed by atoms with Crippen molar-refractivity contribution in [1.29, 1.82) is 0 Å². The SMILES string of the molecule is CC1CNCCN1CCOc1cc(N2C3CCC2CN(c2cc(-c4cc(F)ccc4OCc4ccc(NC(=O)[C@H](CCCNC(N)=O)NC(=O)C5(C(=O)O)CCC5)cc4)nnc2N)C3)ccn1. The van der Waals surface area contributed by atoms with Gasteiger partial charge in [0.2, 0.25) is 17.7 Å². The molecule has 2 aromatic carbocycles. The number of anilines is 4. The maximum Gasteiger partial charge on any atom is 0.319 e. The van der Waals surface area contributed by atoms with E-state index in [2.05, 4.69) is 58.1 Å². The number of aliphatic carboxylic acids is 1. The number of nitrogen functional groups attached to an aromatic ring is 1. The molecule has 356 valence electrons. The third-order valence-electron chi connectivity index (χ3n) is 13.4. The molecule has 1 saturated carbocycles. The Morgan fingerprint density at radius 3 is 2.49 bits per heavy atom. The monoisotopic (exact) mass is 922 g/mol. The number of carbonyl (C=O) groups excluding carboxylic acids is 3. The summed E-state index contributed by atoms with van der Waals surface area (Å²) in [6, 6.07) is 16.1. The largest absolute Gasteiger partial charge is 0.488 e. The number of carboxylic acids is 1. The number of urea groups is 1. The summed E-state index contributed by atoms with van der Waals surface area (Å²) in [6.45, 7) is 8.25. The van der Waals surface area contributed by atoms with E-state index in [4.69, 9.17) is 20.9 Å². The molecule has 3 saturated heterocycles. The molecular weight excluding hydrogens is 864 g/mol. The topological polar surface area (TPSA) is 256 Å². The van der Waals surface area contributed by atoms with Crippen LogP contribution >= 0.6 is 0 Å². The van der Waals surface area contributed by atoms with Gasteiger partial charge in [0.25, 0.3) is 0 Å². The number of rotatable bonds is 19. The van der Waals surface area contributed by atoms with Crippen molar-refractivity contribution >= 4 is 46.7 Å². The lowest BCUT2D eigenvalue weighted by Gasteiger charge is -2.43. The lowest BCUT2D eigenvalue weighted by Crippen LogP contribution is -2.55. The maximum absolute atomic E-state index is 14.9. The van der Waals surface area contributed by atoms with Crippen molar-refractivity contribution in [2.75, 3.05) is 73.3 Å². The van der Waals surface area contributed by atoms with Crippen molar-refractivity contribution in [1.82, 2.24) is 36.0 Å². The number of nitrogens with two attached hydrogens (primary N) is 2. The van der Waals surface area contributed by atoms with E-state index >= 15 is 0 Å². The highest BCUT2D eigenvalue weighted by molar-refractivity contribution is 6.05. The van der Waals surface area contributed by atoms with E-state index in [1.807, 2.05) is 24.4 Å². The lowest BCUT2D eigenvalue weighted by atomic mass is 9.68. The first-order chi connectivity index (χ1) is 32.4. The second kappa shape index (κ2) is 20.8. The number of nitrogens with zero attached hydrogens (tertiary/aromatic N) is 6. The van der Waals surface area contributed by atoms with Gasteiger partial charge in [-0.15, -0.1) is 10.2 Å². The first kappa shape index (κ1) is 46.7. The molecule has 4 fully saturated rings. The van der Waals surface area contributed by atoms with Crippen molar-refractivity contribution in [3.8, 4) is 22.9 Å². The molecule has 2 bridgehead atoms. The van der Waals surface area contributed by atoms with Gasteiger partial charge in [0.15, 0.2) is 5.82 Å². The third kappa shape index (κ3) is 10.9. The van der Waals surface area contributed by atoms with Crippen LogP contribution in [0.4, 0.5) is 32.1 Å². The van der Waals surface area contributed by atoms with Gasteiger partial charge in [-0.25, -0.2) is 14.2 Å². The highest BCUT2D eigenvalue weighted by atomic mass is 19.1. The van der Waals surface area contributed by atoms with Crippen molar-refractivity contribution in [2.45, 2.75) is 82.6 Å². The molecule has 4 amide bonds. The van der Waals surface area contributed by atoms with E-state index in [0.29, 0.717) is 72.8 Å². The Morgan fingerprint density at radius 1 is 1.01 bits per heavy atom. The number of benzene rings is 2. The highest BCUT2D eigenvalue weighted by Gasteiger charge is 2.52. The quantitative estimate of drug-likeness (QED) is 0.0525. The lowest BCUT2D eigenvalue weighted by molar-refractivity contribution is -0.162. The molecule has 3 unspecified atom stereocenters. The number of piperazine rings is 2. The van der Waals surface area contributed by atoms with Crippen LogP contribution in [0.1, 0.15) is 57.4 Å². The van der Waals surface area contributed by atoms with Crippen molar-refractivity contribution in [2.24, 2.45) is 11.1 Å². The van der Waals surface area contributed by atoms with Crippen LogP contribution in [0, 0.1) is 11.2 Å². The molecule has 20 heteroatoms. The van der Waals surface area contributed by atoms with Crippen LogP contribution in [-0.4, -0.2) is 126 Å². The Morgan fingerprint density at radius 2 is 1.79 bits per heavy atom. The van der Waals surface area contributed by atoms with Gasteiger partial charge in [0.1, 0.15) is 36.2 Å². The average molecular weight is 923 g/mol. The van der Waals surface area contributed by atoms with Crippen LogP contribution in [0.25, 0.3) is 11.3 Å². The van der Waals surface area contributed by atoms with Gasteiger partial charge in [-0.2, -0.15) is 0 Å². The molecule has 19 nitrogen and oxygen atoms in total. The third-order valence-corrected chi connectivity index (χ3v) is 13.4. The number of ether oxygens (including phenoxy) is 2. The minimum Gasteiger partial charge on any atom is -0.488 e. The number of pyridine rings is 1. The van der Waals surface area contributed by atoms with E-state index in [9.17, 15) is 28.7 Å². The summed E-state index contributed by atoms with van der Waals surface area (Å²) >= 11 is 0. The fourth-order valence-electron chi connectivity index (χ4n) is 9.47. The summed E-state index contributed by atoms with van der Waals surface area (Å²) < 4.78 is 27.3. The van der Waals surface area contributed by atoms with Crippen LogP contribution in [0.15, 0.2) is 66.9 Å². The van der Waals surface area contributed by atoms with Gasteiger partial charge in [0, 0.05) is 93.1 Å². The first-order valence-electron chi connectivity index (χ1n) is 23.0. The fraction of sp³-hybridized carbons (Fsp3) is 0.468. The van der Waals surface area contributed by atoms with Crippen molar-refractivity contribution < 1.29 is 38.1 Å². The Hall–Kier alpha value is -6.80. The Bertz CT molecular complexity index is 2410. The minimum atomic E-state index is -1.57. The van der Waals surface area contributed by atoms with E-state index in [1.54, 1.807) is 30.3 Å². The normalized spacial score (nSPS) is 20.3. The van der Waals surface area contributed by atoms with Gasteiger partial charge in [0.05, 0.1) is 11.4 Å². The summed E-state index contributed by atoms with van der Waals surface area (Å²) in [4.78, 5) is 61.3. The van der Waals surface area contributed by atoms with E-state index in [-0.39, 0.29) is 50.3 Å². The minimum absolute atomic E-state index is 0.0907. The van der Waals surface area contributed by atoms with Gasteiger partial charge in [-0.1, -0.05) is 18.6 Å². The molecule has 4 atom stereocenters. The number of hydrogen-bond donors (Lipinski definition) is 7. The molecular formula is C47H59FN12O7. The number of amides is 4. The Balaban J connectivity index is 0.893. The molecule has 0 radical (unpaired) electrons. The fourth-order valence-corrected chi connectivity index (χ4v) is 9.47. The number of nitrogens with one attached hydrogen (secondary N) is 4. The zero-order valence-electron chi connectivity index (χ0n) is 37.6. The summed E-state index contributed by atoms with van der Waals surface area (Å²) in [7, 11) is 0. The molecule has 4 aromatic rings. The number of carboxylic acid groups (broad SMARTS) is 1. The average Bonchev–Trinajstić information content (AvgIpc) is 3.56.